The van der Waals surface area contributed by atoms with Gasteiger partial charge in [-0.3, -0.25) is 9.69 Å². The maximum atomic E-state index is 12.3. The number of hydrogen-bond acceptors (Lipinski definition) is 5. The van der Waals surface area contributed by atoms with E-state index in [1.54, 1.807) is 0 Å². The second-order valence-corrected chi connectivity index (χ2v) is 7.23. The summed E-state index contributed by atoms with van der Waals surface area (Å²) in [7, 11) is -3.57. The lowest BCUT2D eigenvalue weighted by atomic mass is 10.2. The van der Waals surface area contributed by atoms with Crippen molar-refractivity contribution in [3.05, 3.63) is 29.8 Å². The molecule has 2 rings (SSSR count). The predicted molar refractivity (Wildman–Crippen MR) is 83.5 cm³/mol. The van der Waals surface area contributed by atoms with Gasteiger partial charge in [0.1, 0.15) is 0 Å². The number of carbonyl (C=O) groups excluding carboxylic acids is 1. The summed E-state index contributed by atoms with van der Waals surface area (Å²) in [6, 6.07) is 5.78. The van der Waals surface area contributed by atoms with Gasteiger partial charge >= 0.3 is 0 Å². The minimum atomic E-state index is -3.57. The average Bonchev–Trinajstić information content (AvgIpc) is 2.47. The molecule has 0 bridgehead atoms. The van der Waals surface area contributed by atoms with Crippen LogP contribution in [0, 0.1) is 0 Å². The Hall–Kier alpha value is -1.28. The SMILES string of the molecule is CC(=O)c1ccc(S(=O)(=O)NC(C)CN2CCOCC2)cc1. The van der Waals surface area contributed by atoms with Crippen molar-refractivity contribution in [1.29, 1.82) is 0 Å². The molecule has 0 saturated carbocycles. The molecule has 0 spiro atoms. The molecule has 7 heteroatoms. The summed E-state index contributed by atoms with van der Waals surface area (Å²) in [5, 5.41) is 0. The Bertz CT molecular complexity index is 607. The number of benzene rings is 1. The molecule has 1 aliphatic rings. The fraction of sp³-hybridized carbons (Fsp3) is 0.533. The van der Waals surface area contributed by atoms with Gasteiger partial charge in [-0.15, -0.1) is 0 Å². The zero-order valence-electron chi connectivity index (χ0n) is 12.9. The summed E-state index contributed by atoms with van der Waals surface area (Å²) >= 11 is 0. The van der Waals surface area contributed by atoms with Crippen molar-refractivity contribution in [2.75, 3.05) is 32.8 Å². The molecule has 1 N–H and O–H groups in total. The largest absolute Gasteiger partial charge is 0.379 e. The van der Waals surface area contributed by atoms with E-state index < -0.39 is 10.0 Å². The third kappa shape index (κ3) is 4.61. The minimum absolute atomic E-state index is 0.0856. The molecule has 1 saturated heterocycles. The van der Waals surface area contributed by atoms with Gasteiger partial charge in [0.25, 0.3) is 0 Å². The molecule has 1 aromatic rings. The summed E-state index contributed by atoms with van der Waals surface area (Å²) in [5.74, 6) is -0.0856. The first-order chi connectivity index (χ1) is 10.4. The van der Waals surface area contributed by atoms with Crippen molar-refractivity contribution in [2.24, 2.45) is 0 Å². The number of hydrogen-bond donors (Lipinski definition) is 1. The number of nitrogens with zero attached hydrogens (tertiary/aromatic N) is 1. The molecular weight excluding hydrogens is 304 g/mol. The molecule has 122 valence electrons. The Kier molecular flexibility index (Phi) is 5.69. The Morgan fingerprint density at radius 1 is 1.27 bits per heavy atom. The van der Waals surface area contributed by atoms with Crippen LogP contribution in [-0.2, 0) is 14.8 Å². The van der Waals surface area contributed by atoms with E-state index in [1.165, 1.54) is 31.2 Å². The monoisotopic (exact) mass is 326 g/mol. The van der Waals surface area contributed by atoms with Gasteiger partial charge in [-0.25, -0.2) is 13.1 Å². The maximum absolute atomic E-state index is 12.3. The van der Waals surface area contributed by atoms with Gasteiger partial charge in [0.15, 0.2) is 5.78 Å². The van der Waals surface area contributed by atoms with Crippen LogP contribution in [0.2, 0.25) is 0 Å². The van der Waals surface area contributed by atoms with Gasteiger partial charge in [0, 0.05) is 31.2 Å². The van der Waals surface area contributed by atoms with Crippen molar-refractivity contribution in [2.45, 2.75) is 24.8 Å². The van der Waals surface area contributed by atoms with E-state index in [0.717, 1.165) is 13.1 Å². The number of ether oxygens (including phenoxy) is 1. The van der Waals surface area contributed by atoms with Crippen LogP contribution < -0.4 is 4.72 Å². The first-order valence-corrected chi connectivity index (χ1v) is 8.80. The third-order valence-corrected chi connectivity index (χ3v) is 5.17. The molecule has 1 unspecified atom stereocenters. The van der Waals surface area contributed by atoms with E-state index in [1.807, 2.05) is 6.92 Å². The average molecular weight is 326 g/mol. The van der Waals surface area contributed by atoms with E-state index in [4.69, 9.17) is 4.74 Å². The van der Waals surface area contributed by atoms with Crippen LogP contribution in [0.1, 0.15) is 24.2 Å². The van der Waals surface area contributed by atoms with Crippen molar-refractivity contribution in [3.8, 4) is 0 Å². The van der Waals surface area contributed by atoms with Crippen LogP contribution in [0.5, 0.6) is 0 Å². The highest BCUT2D eigenvalue weighted by molar-refractivity contribution is 7.89. The van der Waals surface area contributed by atoms with Crippen molar-refractivity contribution in [1.82, 2.24) is 9.62 Å². The summed E-state index contributed by atoms with van der Waals surface area (Å²) in [4.78, 5) is 13.6. The lowest BCUT2D eigenvalue weighted by molar-refractivity contribution is 0.0354. The summed E-state index contributed by atoms with van der Waals surface area (Å²) in [6.45, 7) is 6.95. The highest BCUT2D eigenvalue weighted by atomic mass is 32.2. The second-order valence-electron chi connectivity index (χ2n) is 5.52. The molecule has 1 fully saturated rings. The first kappa shape index (κ1) is 17.1. The molecule has 0 aliphatic carbocycles. The van der Waals surface area contributed by atoms with Crippen LogP contribution in [-0.4, -0.2) is 58.0 Å². The first-order valence-electron chi connectivity index (χ1n) is 7.32. The molecule has 0 amide bonds. The maximum Gasteiger partial charge on any atom is 0.240 e. The Labute approximate surface area is 131 Å². The van der Waals surface area contributed by atoms with Crippen LogP contribution >= 0.6 is 0 Å². The van der Waals surface area contributed by atoms with E-state index in [9.17, 15) is 13.2 Å². The summed E-state index contributed by atoms with van der Waals surface area (Å²) in [5.41, 5.74) is 0.500. The quantitative estimate of drug-likeness (QED) is 0.786. The molecule has 0 aromatic heterocycles. The minimum Gasteiger partial charge on any atom is -0.379 e. The highest BCUT2D eigenvalue weighted by Crippen LogP contribution is 2.12. The molecular formula is C15H22N2O4S. The Morgan fingerprint density at radius 3 is 2.41 bits per heavy atom. The fourth-order valence-electron chi connectivity index (χ4n) is 2.41. The Balaban J connectivity index is 1.98. The van der Waals surface area contributed by atoms with Crippen molar-refractivity contribution in [3.63, 3.8) is 0 Å². The fourth-order valence-corrected chi connectivity index (χ4v) is 3.64. The number of nitrogens with one attached hydrogen (secondary N) is 1. The number of rotatable bonds is 6. The number of morpholine rings is 1. The van der Waals surface area contributed by atoms with Gasteiger partial charge in [0.05, 0.1) is 18.1 Å². The van der Waals surface area contributed by atoms with Crippen LogP contribution in [0.4, 0.5) is 0 Å². The Morgan fingerprint density at radius 2 is 1.86 bits per heavy atom. The van der Waals surface area contributed by atoms with Gasteiger partial charge in [-0.2, -0.15) is 0 Å². The molecule has 1 aromatic carbocycles. The molecule has 6 nitrogen and oxygen atoms in total. The molecule has 1 atom stereocenters. The smallest absolute Gasteiger partial charge is 0.240 e. The van der Waals surface area contributed by atoms with Crippen LogP contribution in [0.3, 0.4) is 0 Å². The molecule has 1 heterocycles. The van der Waals surface area contributed by atoms with Gasteiger partial charge in [-0.1, -0.05) is 12.1 Å². The zero-order valence-corrected chi connectivity index (χ0v) is 13.7. The molecule has 22 heavy (non-hydrogen) atoms. The van der Waals surface area contributed by atoms with Gasteiger partial charge in [-0.05, 0) is 26.0 Å². The molecule has 0 radical (unpaired) electrons. The zero-order chi connectivity index (χ0) is 16.2. The summed E-state index contributed by atoms with van der Waals surface area (Å²) < 4.78 is 32.6. The normalized spacial score (nSPS) is 18.1. The van der Waals surface area contributed by atoms with Crippen molar-refractivity contribution < 1.29 is 17.9 Å². The number of carbonyl (C=O) groups is 1. The van der Waals surface area contributed by atoms with E-state index >= 15 is 0 Å². The van der Waals surface area contributed by atoms with Gasteiger partial charge < -0.3 is 4.74 Å². The number of sulfonamides is 1. The van der Waals surface area contributed by atoms with Crippen LogP contribution in [0.15, 0.2) is 29.2 Å². The van der Waals surface area contributed by atoms with E-state index in [2.05, 4.69) is 9.62 Å². The van der Waals surface area contributed by atoms with Gasteiger partial charge in [0.2, 0.25) is 10.0 Å². The lowest BCUT2D eigenvalue weighted by Gasteiger charge is -2.29. The lowest BCUT2D eigenvalue weighted by Crippen LogP contribution is -2.45. The highest BCUT2D eigenvalue weighted by Gasteiger charge is 2.20. The molecule has 1 aliphatic heterocycles. The number of ketones is 1. The third-order valence-electron chi connectivity index (χ3n) is 3.56. The summed E-state index contributed by atoms with van der Waals surface area (Å²) in [6.07, 6.45) is 0. The topological polar surface area (TPSA) is 75.7 Å². The predicted octanol–water partition coefficient (Wildman–Crippen LogP) is 0.888. The standard InChI is InChI=1S/C15H22N2O4S/c1-12(11-17-7-9-21-10-8-17)16-22(19,20)15-5-3-14(4-6-15)13(2)18/h3-6,12,16H,7-11H2,1-2H3. The van der Waals surface area contributed by atoms with Crippen LogP contribution in [0.25, 0.3) is 0 Å². The van der Waals surface area contributed by atoms with E-state index in [-0.39, 0.29) is 16.7 Å². The van der Waals surface area contributed by atoms with E-state index in [0.29, 0.717) is 25.3 Å². The second kappa shape index (κ2) is 7.32. The number of Topliss-reactive ketones (excluding diaryl/α,β-unsaturated/α-hetero) is 1. The van der Waals surface area contributed by atoms with Crippen molar-refractivity contribution >= 4 is 15.8 Å².